The molecule has 0 spiro atoms. The van der Waals surface area contributed by atoms with E-state index >= 15 is 0 Å². The van der Waals surface area contributed by atoms with Crippen molar-refractivity contribution in [1.29, 1.82) is 5.26 Å². The van der Waals surface area contributed by atoms with Crippen molar-refractivity contribution in [2.24, 2.45) is 7.05 Å². The van der Waals surface area contributed by atoms with Gasteiger partial charge in [0.05, 0.1) is 29.2 Å². The molecule has 5 heteroatoms. The van der Waals surface area contributed by atoms with Gasteiger partial charge in [0.25, 0.3) is 0 Å². The van der Waals surface area contributed by atoms with Crippen LogP contribution in [0.4, 0.5) is 5.69 Å². The van der Waals surface area contributed by atoms with Gasteiger partial charge in [0.15, 0.2) is 0 Å². The first-order chi connectivity index (χ1) is 8.61. The molecule has 0 atom stereocenters. The van der Waals surface area contributed by atoms with E-state index in [9.17, 15) is 0 Å². The van der Waals surface area contributed by atoms with Crippen molar-refractivity contribution in [2.75, 3.05) is 5.32 Å². The van der Waals surface area contributed by atoms with Crippen LogP contribution in [0.2, 0.25) is 0 Å². The molecule has 2 heterocycles. The number of hydrogen-bond acceptors (Lipinski definition) is 4. The van der Waals surface area contributed by atoms with E-state index in [2.05, 4.69) is 21.5 Å². The van der Waals surface area contributed by atoms with Crippen LogP contribution in [0.3, 0.4) is 0 Å². The molecule has 0 saturated carbocycles. The Bertz CT molecular complexity index is 606. The number of anilines is 1. The Morgan fingerprint density at radius 1 is 1.44 bits per heavy atom. The molecule has 0 unspecified atom stereocenters. The van der Waals surface area contributed by atoms with Gasteiger partial charge in [-0.3, -0.25) is 9.67 Å². The van der Waals surface area contributed by atoms with Crippen LogP contribution in [0.1, 0.15) is 22.6 Å². The van der Waals surface area contributed by atoms with Crippen LogP contribution in [0.15, 0.2) is 18.3 Å². The summed E-state index contributed by atoms with van der Waals surface area (Å²) in [4.78, 5) is 4.29. The largest absolute Gasteiger partial charge is 0.378 e. The van der Waals surface area contributed by atoms with Gasteiger partial charge < -0.3 is 5.32 Å². The maximum Gasteiger partial charge on any atom is 0.103 e. The van der Waals surface area contributed by atoms with Gasteiger partial charge in [-0.25, -0.2) is 0 Å². The van der Waals surface area contributed by atoms with Gasteiger partial charge in [0.1, 0.15) is 6.07 Å². The van der Waals surface area contributed by atoms with Crippen LogP contribution in [-0.4, -0.2) is 14.8 Å². The summed E-state index contributed by atoms with van der Waals surface area (Å²) in [6.45, 7) is 4.40. The van der Waals surface area contributed by atoms with Gasteiger partial charge in [-0.05, 0) is 26.0 Å². The molecular weight excluding hydrogens is 226 g/mol. The number of nitriles is 1. The monoisotopic (exact) mass is 241 g/mol. The van der Waals surface area contributed by atoms with Crippen LogP contribution < -0.4 is 5.32 Å². The molecule has 92 valence electrons. The second-order valence-corrected chi connectivity index (χ2v) is 4.18. The van der Waals surface area contributed by atoms with Crippen molar-refractivity contribution >= 4 is 5.69 Å². The van der Waals surface area contributed by atoms with E-state index in [1.807, 2.05) is 33.0 Å². The van der Waals surface area contributed by atoms with E-state index in [4.69, 9.17) is 5.26 Å². The fraction of sp³-hybridized carbons (Fsp3) is 0.308. The van der Waals surface area contributed by atoms with Gasteiger partial charge in [-0.1, -0.05) is 0 Å². The van der Waals surface area contributed by atoms with E-state index in [0.717, 1.165) is 22.8 Å². The minimum atomic E-state index is 0.600. The number of nitrogens with zero attached hydrogens (tertiary/aromatic N) is 4. The zero-order valence-corrected chi connectivity index (χ0v) is 10.7. The predicted molar refractivity (Wildman–Crippen MR) is 69.0 cm³/mol. The van der Waals surface area contributed by atoms with E-state index < -0.39 is 0 Å². The summed E-state index contributed by atoms with van der Waals surface area (Å²) in [5.41, 5.74) is 4.14. The molecule has 0 amide bonds. The molecular formula is C13H15N5. The first kappa shape index (κ1) is 12.1. The molecule has 18 heavy (non-hydrogen) atoms. The molecule has 0 aliphatic carbocycles. The quantitative estimate of drug-likeness (QED) is 0.891. The number of aromatic nitrogens is 3. The van der Waals surface area contributed by atoms with E-state index in [-0.39, 0.29) is 0 Å². The molecule has 0 bridgehead atoms. The molecule has 0 aromatic carbocycles. The molecule has 0 saturated heterocycles. The maximum atomic E-state index is 9.15. The number of hydrogen-bond donors (Lipinski definition) is 1. The summed E-state index contributed by atoms with van der Waals surface area (Å²) in [7, 11) is 1.89. The molecule has 5 nitrogen and oxygen atoms in total. The number of pyridine rings is 1. The Morgan fingerprint density at radius 2 is 2.22 bits per heavy atom. The zero-order valence-electron chi connectivity index (χ0n) is 10.7. The molecule has 2 rings (SSSR count). The summed E-state index contributed by atoms with van der Waals surface area (Å²) >= 11 is 0. The number of nitrogens with one attached hydrogen (secondary N) is 1. The average molecular weight is 241 g/mol. The lowest BCUT2D eigenvalue weighted by atomic mass is 10.1. The zero-order chi connectivity index (χ0) is 13.1. The van der Waals surface area contributed by atoms with E-state index in [0.29, 0.717) is 12.1 Å². The predicted octanol–water partition coefficient (Wildman–Crippen LogP) is 1.92. The van der Waals surface area contributed by atoms with Crippen molar-refractivity contribution in [3.05, 3.63) is 41.0 Å². The summed E-state index contributed by atoms with van der Waals surface area (Å²) in [5.74, 6) is 0. The minimum absolute atomic E-state index is 0.600. The summed E-state index contributed by atoms with van der Waals surface area (Å²) in [6.07, 6.45) is 1.76. The Hall–Kier alpha value is -2.35. The number of aryl methyl sites for hydroxylation is 3. The van der Waals surface area contributed by atoms with E-state index in [1.165, 1.54) is 0 Å². The van der Waals surface area contributed by atoms with Gasteiger partial charge in [0.2, 0.25) is 0 Å². The smallest absolute Gasteiger partial charge is 0.103 e. The highest BCUT2D eigenvalue weighted by Crippen LogP contribution is 2.19. The number of rotatable bonds is 3. The summed E-state index contributed by atoms with van der Waals surface area (Å²) < 4.78 is 1.81. The van der Waals surface area contributed by atoms with Crippen LogP contribution in [0, 0.1) is 25.2 Å². The summed E-state index contributed by atoms with van der Waals surface area (Å²) in [6, 6.07) is 6.02. The maximum absolute atomic E-state index is 9.15. The van der Waals surface area contributed by atoms with Gasteiger partial charge in [-0.2, -0.15) is 10.4 Å². The van der Waals surface area contributed by atoms with Gasteiger partial charge in [-0.15, -0.1) is 0 Å². The topological polar surface area (TPSA) is 66.5 Å². The van der Waals surface area contributed by atoms with Crippen LogP contribution in [0.25, 0.3) is 0 Å². The second kappa shape index (κ2) is 4.88. The highest BCUT2D eigenvalue weighted by Gasteiger charge is 2.08. The average Bonchev–Trinajstić information content (AvgIpc) is 2.71. The van der Waals surface area contributed by atoms with Crippen molar-refractivity contribution < 1.29 is 0 Å². The standard InChI is InChI=1S/C13H15N5/c1-9-6-13(12(7-14)10(2)17-9)15-8-11-4-5-16-18(11)3/h4-6H,8H2,1-3H3,(H,15,17). The highest BCUT2D eigenvalue weighted by atomic mass is 15.3. The molecule has 0 aliphatic rings. The molecule has 0 fully saturated rings. The molecule has 2 aromatic rings. The Balaban J connectivity index is 2.24. The first-order valence-electron chi connectivity index (χ1n) is 5.71. The highest BCUT2D eigenvalue weighted by molar-refractivity contribution is 5.59. The second-order valence-electron chi connectivity index (χ2n) is 4.18. The lowest BCUT2D eigenvalue weighted by Gasteiger charge is -2.10. The molecule has 0 aliphatic heterocycles. The molecule has 1 N–H and O–H groups in total. The van der Waals surface area contributed by atoms with Crippen molar-refractivity contribution in [1.82, 2.24) is 14.8 Å². The lowest BCUT2D eigenvalue weighted by Crippen LogP contribution is -2.08. The van der Waals surface area contributed by atoms with Crippen molar-refractivity contribution in [2.45, 2.75) is 20.4 Å². The van der Waals surface area contributed by atoms with Crippen molar-refractivity contribution in [3.8, 4) is 6.07 Å². The Kier molecular flexibility index (Phi) is 3.28. The third-order valence-corrected chi connectivity index (χ3v) is 2.82. The SMILES string of the molecule is Cc1cc(NCc2ccnn2C)c(C#N)c(C)n1. The fourth-order valence-corrected chi connectivity index (χ4v) is 1.87. The first-order valence-corrected chi connectivity index (χ1v) is 5.71. The third kappa shape index (κ3) is 2.33. The fourth-order valence-electron chi connectivity index (χ4n) is 1.87. The normalized spacial score (nSPS) is 10.1. The summed E-state index contributed by atoms with van der Waals surface area (Å²) in [5, 5.41) is 16.5. The van der Waals surface area contributed by atoms with E-state index in [1.54, 1.807) is 10.9 Å². The van der Waals surface area contributed by atoms with Gasteiger partial charge >= 0.3 is 0 Å². The lowest BCUT2D eigenvalue weighted by molar-refractivity contribution is 0.720. The van der Waals surface area contributed by atoms with Crippen LogP contribution >= 0.6 is 0 Å². The Labute approximate surface area is 106 Å². The third-order valence-electron chi connectivity index (χ3n) is 2.82. The molecule has 0 radical (unpaired) electrons. The van der Waals surface area contributed by atoms with Gasteiger partial charge in [0, 0.05) is 18.9 Å². The molecule has 2 aromatic heterocycles. The minimum Gasteiger partial charge on any atom is -0.378 e. The van der Waals surface area contributed by atoms with Crippen molar-refractivity contribution in [3.63, 3.8) is 0 Å². The van der Waals surface area contributed by atoms with Crippen LogP contribution in [0.5, 0.6) is 0 Å². The Morgan fingerprint density at radius 3 is 2.83 bits per heavy atom. The van der Waals surface area contributed by atoms with Crippen LogP contribution in [-0.2, 0) is 13.6 Å².